The first-order valence-electron chi connectivity index (χ1n) is 7.78. The first kappa shape index (κ1) is 14.6. The third-order valence-electron chi connectivity index (χ3n) is 6.33. The molecule has 2 aliphatic carbocycles. The number of aliphatic imine (C=N–C) groups is 1. The molecule has 2 fully saturated rings. The Morgan fingerprint density at radius 2 is 2.00 bits per heavy atom. The summed E-state index contributed by atoms with van der Waals surface area (Å²) in [7, 11) is 0. The Morgan fingerprint density at radius 1 is 1.29 bits per heavy atom. The van der Waals surface area contributed by atoms with Crippen molar-refractivity contribution >= 4 is 6.21 Å². The summed E-state index contributed by atoms with van der Waals surface area (Å²) in [6, 6.07) is 5.44. The molecule has 3 heteroatoms. The lowest BCUT2D eigenvalue weighted by Crippen LogP contribution is -2.39. The van der Waals surface area contributed by atoms with E-state index in [1.54, 1.807) is 12.3 Å². The third kappa shape index (κ3) is 1.94. The monoisotopic (exact) mass is 287 g/mol. The molecule has 0 aliphatic heterocycles. The van der Waals surface area contributed by atoms with Crippen LogP contribution >= 0.6 is 0 Å². The summed E-state index contributed by atoms with van der Waals surface area (Å²) in [6.45, 7) is 8.70. The van der Waals surface area contributed by atoms with E-state index in [0.717, 1.165) is 24.0 Å². The number of aliphatic hydroxyl groups excluding tert-OH is 1. The third-order valence-corrected chi connectivity index (χ3v) is 6.33. The molecule has 1 aromatic rings. The highest BCUT2D eigenvalue weighted by Crippen LogP contribution is 2.66. The van der Waals surface area contributed by atoms with E-state index in [1.165, 1.54) is 0 Å². The van der Waals surface area contributed by atoms with Crippen molar-refractivity contribution in [3.63, 3.8) is 0 Å². The zero-order valence-corrected chi connectivity index (χ0v) is 13.3. The Hall–Kier alpha value is -1.35. The summed E-state index contributed by atoms with van der Waals surface area (Å²) in [6.07, 6.45) is 3.54. The second-order valence-corrected chi connectivity index (χ2v) is 7.56. The number of aromatic hydroxyl groups is 1. The summed E-state index contributed by atoms with van der Waals surface area (Å²) in [5, 5.41) is 20.6. The quantitative estimate of drug-likeness (QED) is 0.820. The van der Waals surface area contributed by atoms with Crippen LogP contribution in [0.15, 0.2) is 23.2 Å². The average molecular weight is 287 g/mol. The molecule has 3 rings (SSSR count). The van der Waals surface area contributed by atoms with Gasteiger partial charge in [0.05, 0.1) is 12.1 Å². The minimum absolute atomic E-state index is 0.0473. The fraction of sp³-hybridized carbons (Fsp3) is 0.611. The Bertz CT molecular complexity index is 593. The molecule has 0 aromatic heterocycles. The van der Waals surface area contributed by atoms with Gasteiger partial charge in [-0.15, -0.1) is 0 Å². The van der Waals surface area contributed by atoms with Crippen LogP contribution in [0, 0.1) is 23.7 Å². The lowest BCUT2D eigenvalue weighted by atomic mass is 9.70. The fourth-order valence-corrected chi connectivity index (χ4v) is 4.41. The van der Waals surface area contributed by atoms with Crippen LogP contribution in [-0.4, -0.2) is 28.6 Å². The van der Waals surface area contributed by atoms with Crippen LogP contribution in [0.2, 0.25) is 0 Å². The molecular formula is C18H25NO2. The van der Waals surface area contributed by atoms with E-state index in [-0.39, 0.29) is 22.6 Å². The molecule has 2 bridgehead atoms. The van der Waals surface area contributed by atoms with Gasteiger partial charge in [-0.05, 0) is 43.2 Å². The number of aryl methyl sites for hydroxylation is 1. The van der Waals surface area contributed by atoms with Gasteiger partial charge in [-0.1, -0.05) is 32.4 Å². The maximum Gasteiger partial charge on any atom is 0.124 e. The van der Waals surface area contributed by atoms with E-state index in [9.17, 15) is 10.2 Å². The molecule has 0 heterocycles. The second-order valence-electron chi connectivity index (χ2n) is 7.56. The number of fused-ring (bicyclic) bond motifs is 2. The maximum atomic E-state index is 10.7. The van der Waals surface area contributed by atoms with Crippen LogP contribution in [0.25, 0.3) is 0 Å². The molecule has 0 amide bonds. The van der Waals surface area contributed by atoms with Gasteiger partial charge in [-0.2, -0.15) is 0 Å². The lowest BCUT2D eigenvalue weighted by molar-refractivity contribution is 0.00624. The van der Waals surface area contributed by atoms with Gasteiger partial charge >= 0.3 is 0 Å². The van der Waals surface area contributed by atoms with E-state index in [4.69, 9.17) is 0 Å². The molecule has 2 saturated carbocycles. The molecule has 2 N–H and O–H groups in total. The Morgan fingerprint density at radius 3 is 2.62 bits per heavy atom. The maximum absolute atomic E-state index is 10.7. The van der Waals surface area contributed by atoms with Gasteiger partial charge < -0.3 is 10.2 Å². The highest BCUT2D eigenvalue weighted by atomic mass is 16.3. The van der Waals surface area contributed by atoms with Gasteiger partial charge in [-0.25, -0.2) is 0 Å². The van der Waals surface area contributed by atoms with E-state index < -0.39 is 6.10 Å². The number of rotatable bonds is 2. The topological polar surface area (TPSA) is 52.8 Å². The number of aliphatic hydroxyl groups is 1. The van der Waals surface area contributed by atoms with Crippen molar-refractivity contribution in [2.24, 2.45) is 21.7 Å². The molecule has 0 unspecified atom stereocenters. The van der Waals surface area contributed by atoms with Gasteiger partial charge in [0.1, 0.15) is 5.75 Å². The largest absolute Gasteiger partial charge is 0.507 e. The number of benzene rings is 1. The summed E-state index contributed by atoms with van der Waals surface area (Å²) in [5.74, 6) is 0.660. The van der Waals surface area contributed by atoms with Crippen molar-refractivity contribution in [3.8, 4) is 5.75 Å². The molecule has 1 aromatic carbocycles. The van der Waals surface area contributed by atoms with E-state index in [0.29, 0.717) is 5.92 Å². The van der Waals surface area contributed by atoms with Crippen LogP contribution in [-0.2, 0) is 0 Å². The number of nitrogens with zero attached hydrogens (tertiary/aromatic N) is 1. The van der Waals surface area contributed by atoms with E-state index in [2.05, 4.69) is 25.8 Å². The minimum Gasteiger partial charge on any atom is -0.507 e. The molecule has 114 valence electrons. The van der Waals surface area contributed by atoms with Gasteiger partial charge in [0, 0.05) is 17.2 Å². The summed E-state index contributed by atoms with van der Waals surface area (Å²) >= 11 is 0. The zero-order valence-electron chi connectivity index (χ0n) is 13.3. The number of hydrogen-bond donors (Lipinski definition) is 2. The van der Waals surface area contributed by atoms with Gasteiger partial charge in [0.25, 0.3) is 0 Å². The average Bonchev–Trinajstić information content (AvgIpc) is 2.73. The summed E-state index contributed by atoms with van der Waals surface area (Å²) in [5.41, 5.74) is 1.89. The standard InChI is InChI=1S/C18H25NO2/c1-11-5-6-14(20)12(9-11)10-19-15-13-7-8-18(4,16(15)21)17(13,2)3/h5-6,9-10,13,15-16,20-21H,7-8H2,1-4H3/t13-,15-,16-,18+/m1/s1. The highest BCUT2D eigenvalue weighted by molar-refractivity contribution is 5.83. The smallest absolute Gasteiger partial charge is 0.124 e. The number of phenolic OH excluding ortho intramolecular Hbond substituents is 1. The number of phenols is 1. The molecule has 0 saturated heterocycles. The Balaban J connectivity index is 1.90. The van der Waals surface area contributed by atoms with Crippen molar-refractivity contribution in [2.75, 3.05) is 0 Å². The van der Waals surface area contributed by atoms with Gasteiger partial charge in [-0.3, -0.25) is 4.99 Å². The first-order valence-corrected chi connectivity index (χ1v) is 7.78. The summed E-state index contributed by atoms with van der Waals surface area (Å²) in [4.78, 5) is 4.66. The van der Waals surface area contributed by atoms with Crippen molar-refractivity contribution in [1.82, 2.24) is 0 Å². The molecule has 4 atom stereocenters. The lowest BCUT2D eigenvalue weighted by Gasteiger charge is -2.36. The van der Waals surface area contributed by atoms with Crippen LogP contribution in [0.5, 0.6) is 5.75 Å². The SMILES string of the molecule is Cc1ccc(O)c(C=N[C@@H]2[C@H]3CC[C@@](C)([C@@H]2O)C3(C)C)c1. The van der Waals surface area contributed by atoms with Gasteiger partial charge in [0.2, 0.25) is 0 Å². The van der Waals surface area contributed by atoms with Crippen LogP contribution in [0.3, 0.4) is 0 Å². The van der Waals surface area contributed by atoms with Crippen LogP contribution in [0.1, 0.15) is 44.7 Å². The normalized spacial score (nSPS) is 37.5. The van der Waals surface area contributed by atoms with Crippen LogP contribution < -0.4 is 0 Å². The Labute approximate surface area is 126 Å². The van der Waals surface area contributed by atoms with Crippen molar-refractivity contribution in [1.29, 1.82) is 0 Å². The zero-order chi connectivity index (χ0) is 15.4. The molecule has 2 aliphatic rings. The fourth-order valence-electron chi connectivity index (χ4n) is 4.41. The highest BCUT2D eigenvalue weighted by Gasteiger charge is 2.65. The predicted molar refractivity (Wildman–Crippen MR) is 84.8 cm³/mol. The first-order chi connectivity index (χ1) is 9.77. The minimum atomic E-state index is -0.394. The summed E-state index contributed by atoms with van der Waals surface area (Å²) < 4.78 is 0. The van der Waals surface area contributed by atoms with Crippen LogP contribution in [0.4, 0.5) is 0 Å². The molecular weight excluding hydrogens is 262 g/mol. The van der Waals surface area contributed by atoms with Crippen molar-refractivity contribution < 1.29 is 10.2 Å². The molecule has 21 heavy (non-hydrogen) atoms. The van der Waals surface area contributed by atoms with Crippen molar-refractivity contribution in [2.45, 2.75) is 52.7 Å². The number of hydrogen-bond acceptors (Lipinski definition) is 3. The Kier molecular flexibility index (Phi) is 3.17. The molecule has 0 spiro atoms. The van der Waals surface area contributed by atoms with E-state index in [1.807, 2.05) is 19.1 Å². The predicted octanol–water partition coefficient (Wildman–Crippen LogP) is 3.31. The molecule has 0 radical (unpaired) electrons. The van der Waals surface area contributed by atoms with E-state index >= 15 is 0 Å². The van der Waals surface area contributed by atoms with Gasteiger partial charge in [0.15, 0.2) is 0 Å². The second kappa shape index (κ2) is 4.57. The van der Waals surface area contributed by atoms with Crippen molar-refractivity contribution in [3.05, 3.63) is 29.3 Å². The molecule has 3 nitrogen and oxygen atoms in total.